The number of benzene rings is 2. The maximum atomic E-state index is 12.8. The van der Waals surface area contributed by atoms with Crippen molar-refractivity contribution >= 4 is 21.6 Å². The summed E-state index contributed by atoms with van der Waals surface area (Å²) in [6.45, 7) is 5.56. The van der Waals surface area contributed by atoms with Crippen LogP contribution in [-0.4, -0.2) is 41.1 Å². The van der Waals surface area contributed by atoms with Crippen molar-refractivity contribution in [2.45, 2.75) is 37.8 Å². The normalized spacial score (nSPS) is 11.8. The first-order chi connectivity index (χ1) is 13.4. The topological polar surface area (TPSA) is 87.7 Å². The third kappa shape index (κ3) is 6.20. The number of nitrogens with zero attached hydrogens (tertiary/aromatic N) is 1. The Balaban J connectivity index is 2.24. The van der Waals surface area contributed by atoms with Gasteiger partial charge < -0.3 is 15.0 Å². The van der Waals surface area contributed by atoms with Crippen LogP contribution in [0.15, 0.2) is 47.4 Å². The van der Waals surface area contributed by atoms with Gasteiger partial charge in [-0.3, -0.25) is 4.79 Å². The molecule has 0 unspecified atom stereocenters. The number of sulfonamides is 1. The number of rotatable bonds is 7. The Morgan fingerprint density at radius 2 is 1.79 bits per heavy atom. The minimum atomic E-state index is -3.86. The van der Waals surface area contributed by atoms with Crippen LogP contribution in [0.5, 0.6) is 5.75 Å². The van der Waals surface area contributed by atoms with E-state index in [0.717, 1.165) is 11.3 Å². The minimum absolute atomic E-state index is 0.0721. The fourth-order valence-electron chi connectivity index (χ4n) is 2.72. The van der Waals surface area contributed by atoms with E-state index in [0.29, 0.717) is 6.54 Å². The molecule has 29 heavy (non-hydrogen) atoms. The lowest BCUT2D eigenvalue weighted by Gasteiger charge is -2.21. The van der Waals surface area contributed by atoms with Crippen LogP contribution >= 0.6 is 0 Å². The van der Waals surface area contributed by atoms with Crippen LogP contribution in [0, 0.1) is 0 Å². The lowest BCUT2D eigenvalue weighted by Crippen LogP contribution is -2.40. The van der Waals surface area contributed by atoms with Gasteiger partial charge in [-0.15, -0.1) is 0 Å². The molecule has 0 spiro atoms. The highest BCUT2D eigenvalue weighted by atomic mass is 32.2. The average molecular weight is 420 g/mol. The van der Waals surface area contributed by atoms with Crippen LogP contribution in [-0.2, 0) is 16.6 Å². The number of ether oxygens (including phenoxy) is 1. The van der Waals surface area contributed by atoms with Crippen molar-refractivity contribution in [2.75, 3.05) is 26.1 Å². The molecule has 0 aliphatic rings. The molecule has 2 rings (SSSR count). The van der Waals surface area contributed by atoms with Crippen molar-refractivity contribution in [1.82, 2.24) is 10.0 Å². The van der Waals surface area contributed by atoms with Gasteiger partial charge in [-0.1, -0.05) is 12.1 Å². The molecule has 2 N–H and O–H groups in total. The molecule has 0 saturated carbocycles. The molecule has 7 nitrogen and oxygen atoms in total. The van der Waals surface area contributed by atoms with Gasteiger partial charge in [0, 0.05) is 37.4 Å². The van der Waals surface area contributed by atoms with Crippen molar-refractivity contribution < 1.29 is 17.9 Å². The lowest BCUT2D eigenvalue weighted by atomic mass is 10.1. The first-order valence-electron chi connectivity index (χ1n) is 9.19. The van der Waals surface area contributed by atoms with Crippen molar-refractivity contribution in [3.05, 3.63) is 53.6 Å². The van der Waals surface area contributed by atoms with Crippen LogP contribution in [0.3, 0.4) is 0 Å². The zero-order valence-corrected chi connectivity index (χ0v) is 18.6. The van der Waals surface area contributed by atoms with E-state index in [4.69, 9.17) is 4.74 Å². The fourth-order valence-corrected chi connectivity index (χ4v) is 4.33. The summed E-state index contributed by atoms with van der Waals surface area (Å²) >= 11 is 0. The summed E-state index contributed by atoms with van der Waals surface area (Å²) in [6.07, 6.45) is 0. The quantitative estimate of drug-likeness (QED) is 0.721. The Kier molecular flexibility index (Phi) is 6.92. The monoisotopic (exact) mass is 419 g/mol. The highest BCUT2D eigenvalue weighted by molar-refractivity contribution is 7.89. The first kappa shape index (κ1) is 22.7. The van der Waals surface area contributed by atoms with Crippen LogP contribution < -0.4 is 19.7 Å². The molecule has 0 fully saturated rings. The summed E-state index contributed by atoms with van der Waals surface area (Å²) in [5.41, 5.74) is 1.55. The van der Waals surface area contributed by atoms with E-state index in [1.807, 2.05) is 43.3 Å². The summed E-state index contributed by atoms with van der Waals surface area (Å²) in [4.78, 5) is 14.5. The van der Waals surface area contributed by atoms with Crippen molar-refractivity contribution in [2.24, 2.45) is 0 Å². The molecule has 0 radical (unpaired) electrons. The smallest absolute Gasteiger partial charge is 0.251 e. The highest BCUT2D eigenvalue weighted by Crippen LogP contribution is 2.26. The van der Waals surface area contributed by atoms with E-state index < -0.39 is 15.6 Å². The van der Waals surface area contributed by atoms with Gasteiger partial charge >= 0.3 is 0 Å². The minimum Gasteiger partial charge on any atom is -0.495 e. The zero-order valence-electron chi connectivity index (χ0n) is 17.7. The summed E-state index contributed by atoms with van der Waals surface area (Å²) in [5.74, 6) is -0.188. The standard InChI is InChI=1S/C21H29N3O4S/c1-21(2,3)23-29(26,27)19-13-16(10-11-18(19)28-6)20(25)22-14-15-8-7-9-17(12-15)24(4)5/h7-13,23H,14H2,1-6H3,(H,22,25). The number of carbonyl (C=O) groups is 1. The second-order valence-electron chi connectivity index (χ2n) is 7.97. The summed E-state index contributed by atoms with van der Waals surface area (Å²) in [5, 5.41) is 2.83. The SMILES string of the molecule is COc1ccc(C(=O)NCc2cccc(N(C)C)c2)cc1S(=O)(=O)NC(C)(C)C. The largest absolute Gasteiger partial charge is 0.495 e. The van der Waals surface area contributed by atoms with E-state index in [-0.39, 0.29) is 22.1 Å². The summed E-state index contributed by atoms with van der Waals surface area (Å²) < 4.78 is 33.3. The molecule has 2 aromatic rings. The third-order valence-electron chi connectivity index (χ3n) is 4.04. The molecule has 8 heteroatoms. The van der Waals surface area contributed by atoms with E-state index in [1.54, 1.807) is 26.8 Å². The molecule has 0 saturated heterocycles. The Morgan fingerprint density at radius 3 is 2.38 bits per heavy atom. The zero-order chi connectivity index (χ0) is 21.8. The van der Waals surface area contributed by atoms with Gasteiger partial charge in [0.25, 0.3) is 5.91 Å². The van der Waals surface area contributed by atoms with Crippen molar-refractivity contribution in [3.63, 3.8) is 0 Å². The van der Waals surface area contributed by atoms with Gasteiger partial charge in [-0.2, -0.15) is 0 Å². The Hall–Kier alpha value is -2.58. The van der Waals surface area contributed by atoms with E-state index >= 15 is 0 Å². The Labute approximate surface area is 173 Å². The third-order valence-corrected chi connectivity index (χ3v) is 5.82. The number of amides is 1. The number of nitrogens with one attached hydrogen (secondary N) is 2. The molecule has 0 aliphatic carbocycles. The fraction of sp³-hybridized carbons (Fsp3) is 0.381. The highest BCUT2D eigenvalue weighted by Gasteiger charge is 2.26. The molecule has 1 amide bonds. The number of hydrogen-bond acceptors (Lipinski definition) is 5. The molecule has 0 atom stereocenters. The van der Waals surface area contributed by atoms with E-state index in [9.17, 15) is 13.2 Å². The maximum absolute atomic E-state index is 12.8. The van der Waals surface area contributed by atoms with Gasteiger partial charge in [-0.05, 0) is 56.7 Å². The molecule has 2 aromatic carbocycles. The number of methoxy groups -OCH3 is 1. The summed E-state index contributed by atoms with van der Waals surface area (Å²) in [6, 6.07) is 12.2. The van der Waals surface area contributed by atoms with Gasteiger partial charge in [0.05, 0.1) is 7.11 Å². The predicted octanol–water partition coefficient (Wildman–Crippen LogP) is 2.77. The van der Waals surface area contributed by atoms with E-state index in [1.165, 1.54) is 19.2 Å². The lowest BCUT2D eigenvalue weighted by molar-refractivity contribution is 0.0950. The molecular formula is C21H29N3O4S. The van der Waals surface area contributed by atoms with Crippen LogP contribution in [0.1, 0.15) is 36.7 Å². The van der Waals surface area contributed by atoms with E-state index in [2.05, 4.69) is 10.0 Å². The number of carbonyl (C=O) groups excluding carboxylic acids is 1. The molecule has 0 aromatic heterocycles. The average Bonchev–Trinajstić information content (AvgIpc) is 2.63. The second-order valence-corrected chi connectivity index (χ2v) is 9.62. The molecule has 158 valence electrons. The molecule has 0 aliphatic heterocycles. The Bertz CT molecular complexity index is 980. The van der Waals surface area contributed by atoms with Crippen molar-refractivity contribution in [1.29, 1.82) is 0 Å². The predicted molar refractivity (Wildman–Crippen MR) is 115 cm³/mol. The number of anilines is 1. The number of hydrogen-bond donors (Lipinski definition) is 2. The van der Waals surface area contributed by atoms with Crippen LogP contribution in [0.2, 0.25) is 0 Å². The first-order valence-corrected chi connectivity index (χ1v) is 10.7. The molecule has 0 heterocycles. The van der Waals surface area contributed by atoms with Gasteiger partial charge in [0.1, 0.15) is 10.6 Å². The van der Waals surface area contributed by atoms with Crippen molar-refractivity contribution in [3.8, 4) is 5.75 Å². The maximum Gasteiger partial charge on any atom is 0.251 e. The van der Waals surface area contributed by atoms with Gasteiger partial charge in [0.2, 0.25) is 10.0 Å². The van der Waals surface area contributed by atoms with Crippen LogP contribution in [0.25, 0.3) is 0 Å². The Morgan fingerprint density at radius 1 is 1.10 bits per heavy atom. The summed E-state index contributed by atoms with van der Waals surface area (Å²) in [7, 11) is 1.43. The molecule has 0 bridgehead atoms. The van der Waals surface area contributed by atoms with Gasteiger partial charge in [-0.25, -0.2) is 13.1 Å². The second kappa shape index (κ2) is 8.84. The van der Waals surface area contributed by atoms with Gasteiger partial charge in [0.15, 0.2) is 0 Å². The molecular weight excluding hydrogens is 390 g/mol. The van der Waals surface area contributed by atoms with Crippen LogP contribution in [0.4, 0.5) is 5.69 Å².